The van der Waals surface area contributed by atoms with E-state index in [2.05, 4.69) is 6.92 Å². The van der Waals surface area contributed by atoms with Gasteiger partial charge < -0.3 is 9.84 Å². The fourth-order valence-corrected chi connectivity index (χ4v) is 7.53. The van der Waals surface area contributed by atoms with Crippen LogP contribution < -0.4 is 0 Å². The predicted octanol–water partition coefficient (Wildman–Crippen LogP) is 4.37. The van der Waals surface area contributed by atoms with Crippen LogP contribution in [0.4, 0.5) is 0 Å². The van der Waals surface area contributed by atoms with Crippen molar-refractivity contribution in [3.63, 3.8) is 0 Å². The van der Waals surface area contributed by atoms with Crippen molar-refractivity contribution in [1.82, 2.24) is 0 Å². The standard InChI is InChI=1S/C14H28O5S7/c1-2-20-10-24-9-19-18-4-6-22-11-25-13-26-12-23-7-14(16)17-8-21-5-3-15/h15H,2-13H2,1H3. The highest BCUT2D eigenvalue weighted by Gasteiger charge is 2.02. The third kappa shape index (κ3) is 23.8. The summed E-state index contributed by atoms with van der Waals surface area (Å²) in [7, 11) is 0. The molecule has 0 aliphatic carbocycles. The van der Waals surface area contributed by atoms with Gasteiger partial charge in [-0.1, -0.05) is 6.92 Å². The largest absolute Gasteiger partial charge is 0.454 e. The minimum Gasteiger partial charge on any atom is -0.454 e. The topological polar surface area (TPSA) is 65.0 Å². The summed E-state index contributed by atoms with van der Waals surface area (Å²) in [6, 6.07) is 0. The number of thioether (sulfide) groups is 7. The number of rotatable bonds is 21. The molecule has 0 rings (SSSR count). The minimum atomic E-state index is -0.186. The zero-order valence-electron chi connectivity index (χ0n) is 14.9. The Balaban J connectivity index is 3.07. The Kier molecular flexibility index (Phi) is 26.6. The fraction of sp³-hybridized carbons (Fsp3) is 0.929. The van der Waals surface area contributed by atoms with Crippen LogP contribution in [0.15, 0.2) is 0 Å². The van der Waals surface area contributed by atoms with Gasteiger partial charge in [-0.2, -0.15) is 11.8 Å². The molecule has 12 heteroatoms. The maximum atomic E-state index is 11.4. The molecule has 0 aromatic carbocycles. The summed E-state index contributed by atoms with van der Waals surface area (Å²) in [6.07, 6.45) is 0. The monoisotopic (exact) mass is 500 g/mol. The lowest BCUT2D eigenvalue weighted by molar-refractivity contribution is -0.274. The van der Waals surface area contributed by atoms with E-state index in [9.17, 15) is 4.79 Å². The van der Waals surface area contributed by atoms with E-state index in [4.69, 9.17) is 19.6 Å². The molecule has 0 aliphatic heterocycles. The van der Waals surface area contributed by atoms with E-state index in [0.717, 1.165) is 31.8 Å². The number of hydrogen-bond donors (Lipinski definition) is 1. The van der Waals surface area contributed by atoms with Crippen LogP contribution in [0, 0.1) is 0 Å². The van der Waals surface area contributed by atoms with Crippen molar-refractivity contribution in [3.05, 3.63) is 0 Å². The maximum absolute atomic E-state index is 11.4. The summed E-state index contributed by atoms with van der Waals surface area (Å²) >= 11 is 12.1. The average molecular weight is 501 g/mol. The Hall–Kier alpha value is 1.80. The third-order valence-electron chi connectivity index (χ3n) is 2.16. The van der Waals surface area contributed by atoms with Gasteiger partial charge in [-0.25, -0.2) is 9.78 Å². The van der Waals surface area contributed by atoms with Gasteiger partial charge in [-0.05, 0) is 5.75 Å². The van der Waals surface area contributed by atoms with E-state index in [1.165, 1.54) is 11.8 Å². The number of esters is 1. The smallest absolute Gasteiger partial charge is 0.316 e. The number of hydrogen-bond acceptors (Lipinski definition) is 12. The lowest BCUT2D eigenvalue weighted by Crippen LogP contribution is -2.07. The summed E-state index contributed by atoms with van der Waals surface area (Å²) in [6.45, 7) is 2.88. The van der Waals surface area contributed by atoms with Crippen LogP contribution in [0.1, 0.15) is 6.92 Å². The Bertz CT molecular complexity index is 303. The number of carbonyl (C=O) groups excluding carboxylic acids is 1. The van der Waals surface area contributed by atoms with Crippen molar-refractivity contribution in [2.24, 2.45) is 0 Å². The second kappa shape index (κ2) is 24.8. The molecule has 156 valence electrons. The molecule has 0 fully saturated rings. The van der Waals surface area contributed by atoms with E-state index in [0.29, 0.717) is 30.0 Å². The van der Waals surface area contributed by atoms with Gasteiger partial charge in [0.1, 0.15) is 11.9 Å². The highest BCUT2D eigenvalue weighted by Crippen LogP contribution is 2.21. The van der Waals surface area contributed by atoms with E-state index in [1.54, 1.807) is 23.5 Å². The van der Waals surface area contributed by atoms with Crippen molar-refractivity contribution < 1.29 is 24.4 Å². The molecule has 1 N–H and O–H groups in total. The molecule has 0 heterocycles. The first-order valence-corrected chi connectivity index (χ1v) is 15.9. The maximum Gasteiger partial charge on any atom is 0.316 e. The molecule has 0 bridgehead atoms. The first kappa shape index (κ1) is 27.8. The lowest BCUT2D eigenvalue weighted by atomic mass is 10.8. The Morgan fingerprint density at radius 2 is 1.54 bits per heavy atom. The summed E-state index contributed by atoms with van der Waals surface area (Å²) in [4.78, 5) is 21.6. The second-order valence-electron chi connectivity index (χ2n) is 4.16. The van der Waals surface area contributed by atoms with Crippen molar-refractivity contribution >= 4 is 88.3 Å². The van der Waals surface area contributed by atoms with E-state index in [1.807, 2.05) is 47.0 Å². The lowest BCUT2D eigenvalue weighted by Gasteiger charge is -2.05. The Labute approximate surface area is 187 Å². The molecule has 5 nitrogen and oxygen atoms in total. The van der Waals surface area contributed by atoms with Crippen LogP contribution in [0.25, 0.3) is 0 Å². The first-order chi connectivity index (χ1) is 12.8. The van der Waals surface area contributed by atoms with Gasteiger partial charge in [0.05, 0.1) is 19.0 Å². The molecule has 0 unspecified atom stereocenters. The summed E-state index contributed by atoms with van der Waals surface area (Å²) in [5.41, 5.74) is 0. The molecule has 0 saturated carbocycles. The van der Waals surface area contributed by atoms with E-state index >= 15 is 0 Å². The van der Waals surface area contributed by atoms with Gasteiger partial charge in [-0.3, -0.25) is 4.79 Å². The molecule has 0 aromatic rings. The normalized spacial score (nSPS) is 11.0. The van der Waals surface area contributed by atoms with E-state index < -0.39 is 0 Å². The first-order valence-electron chi connectivity index (χ1n) is 7.86. The fourth-order valence-electron chi connectivity index (χ4n) is 1.10. The van der Waals surface area contributed by atoms with Crippen molar-refractivity contribution in [2.45, 2.75) is 6.92 Å². The van der Waals surface area contributed by atoms with Gasteiger partial charge in [0, 0.05) is 31.8 Å². The number of aliphatic hydroxyl groups is 1. The van der Waals surface area contributed by atoms with Crippen molar-refractivity contribution in [1.29, 1.82) is 0 Å². The second-order valence-corrected chi connectivity index (χ2v) is 12.9. The molecule has 0 aliphatic rings. The minimum absolute atomic E-state index is 0.113. The molecule has 0 radical (unpaired) electrons. The van der Waals surface area contributed by atoms with Crippen LogP contribution in [-0.2, 0) is 19.3 Å². The number of carbonyl (C=O) groups is 1. The van der Waals surface area contributed by atoms with Crippen molar-refractivity contribution in [2.75, 3.05) is 68.4 Å². The van der Waals surface area contributed by atoms with Crippen LogP contribution in [-0.4, -0.2) is 79.5 Å². The highest BCUT2D eigenvalue weighted by molar-refractivity contribution is 8.26. The molecule has 0 amide bonds. The molecule has 0 atom stereocenters. The Morgan fingerprint density at radius 3 is 2.31 bits per heavy atom. The van der Waals surface area contributed by atoms with E-state index in [-0.39, 0.29) is 12.6 Å². The third-order valence-corrected chi connectivity index (χ3v) is 9.81. The molecule has 0 aromatic heterocycles. The zero-order chi connectivity index (χ0) is 19.1. The quantitative estimate of drug-likeness (QED) is 0.0800. The average Bonchev–Trinajstić information content (AvgIpc) is 2.65. The van der Waals surface area contributed by atoms with Crippen molar-refractivity contribution in [3.8, 4) is 0 Å². The van der Waals surface area contributed by atoms with Crippen LogP contribution in [0.2, 0.25) is 0 Å². The van der Waals surface area contributed by atoms with Gasteiger partial charge >= 0.3 is 5.97 Å². The number of ether oxygens (including phenoxy) is 1. The predicted molar refractivity (Wildman–Crippen MR) is 128 cm³/mol. The highest BCUT2D eigenvalue weighted by atomic mass is 32.2. The number of aliphatic hydroxyl groups excluding tert-OH is 1. The SMILES string of the molecule is CCSCSCOOCCSCSCSCSCC(=O)OCSCCO. The van der Waals surface area contributed by atoms with Gasteiger partial charge in [0.15, 0.2) is 0 Å². The van der Waals surface area contributed by atoms with Gasteiger partial charge in [0.2, 0.25) is 0 Å². The molecular formula is C14H28O5S7. The van der Waals surface area contributed by atoms with Crippen LogP contribution >= 0.6 is 82.3 Å². The zero-order valence-corrected chi connectivity index (χ0v) is 20.6. The van der Waals surface area contributed by atoms with Gasteiger partial charge in [-0.15, -0.1) is 70.6 Å². The summed E-state index contributed by atoms with van der Waals surface area (Å²) in [5.74, 6) is 3.79. The summed E-state index contributed by atoms with van der Waals surface area (Å²) in [5, 5.41) is 12.6. The summed E-state index contributed by atoms with van der Waals surface area (Å²) < 4.78 is 5.02. The molecular weight excluding hydrogens is 473 g/mol. The Morgan fingerprint density at radius 1 is 0.808 bits per heavy atom. The molecule has 26 heavy (non-hydrogen) atoms. The van der Waals surface area contributed by atoms with Crippen LogP contribution in [0.3, 0.4) is 0 Å². The van der Waals surface area contributed by atoms with Gasteiger partial charge in [0.25, 0.3) is 0 Å². The molecule has 0 saturated heterocycles. The molecule has 0 spiro atoms. The van der Waals surface area contributed by atoms with Crippen LogP contribution in [0.5, 0.6) is 0 Å².